The van der Waals surface area contributed by atoms with Gasteiger partial charge in [-0.05, 0) is 108 Å². The lowest BCUT2D eigenvalue weighted by Crippen LogP contribution is -2.10. The van der Waals surface area contributed by atoms with Crippen LogP contribution in [0.1, 0.15) is 0 Å². The summed E-state index contributed by atoms with van der Waals surface area (Å²) in [5.41, 5.74) is 10.7. The average molecular weight is 730 g/mol. The molecule has 0 N–H and O–H groups in total. The summed E-state index contributed by atoms with van der Waals surface area (Å²) >= 11 is 1.86. The summed E-state index contributed by atoms with van der Waals surface area (Å²) in [6.07, 6.45) is 0. The van der Waals surface area contributed by atoms with Crippen LogP contribution in [0.2, 0.25) is 0 Å². The maximum atomic E-state index is 2.49. The van der Waals surface area contributed by atoms with Crippen molar-refractivity contribution >= 4 is 80.9 Å². The van der Waals surface area contributed by atoms with E-state index in [1.54, 1.807) is 0 Å². The quantitative estimate of drug-likeness (QED) is 0.154. The summed E-state index contributed by atoms with van der Waals surface area (Å²) < 4.78 is 2.57. The van der Waals surface area contributed by atoms with Gasteiger partial charge in [0.05, 0.1) is 5.69 Å². The van der Waals surface area contributed by atoms with Crippen molar-refractivity contribution in [3.8, 4) is 33.4 Å². The Morgan fingerprint density at radius 2 is 0.875 bits per heavy atom. The molecule has 10 aromatic carbocycles. The molecule has 0 amide bonds. The molecule has 2 heteroatoms. The molecule has 11 aromatic rings. The lowest BCUT2D eigenvalue weighted by atomic mass is 9.85. The second kappa shape index (κ2) is 13.4. The number of anilines is 3. The van der Waals surface area contributed by atoms with Gasteiger partial charge in [0.2, 0.25) is 0 Å². The number of nitrogens with zero attached hydrogens (tertiary/aromatic N) is 1. The zero-order valence-corrected chi connectivity index (χ0v) is 31.4. The van der Waals surface area contributed by atoms with Crippen LogP contribution in [0, 0.1) is 0 Å². The van der Waals surface area contributed by atoms with Gasteiger partial charge in [0.1, 0.15) is 0 Å². The van der Waals surface area contributed by atoms with Crippen molar-refractivity contribution in [2.45, 2.75) is 0 Å². The first-order chi connectivity index (χ1) is 27.8. The number of fused-ring (bicyclic) bond motifs is 7. The molecule has 0 fully saturated rings. The fourth-order valence-electron chi connectivity index (χ4n) is 8.79. The zero-order chi connectivity index (χ0) is 37.0. The maximum Gasteiger partial charge on any atom is 0.0554 e. The maximum absolute atomic E-state index is 2.49. The fourth-order valence-corrected chi connectivity index (χ4v) is 9.91. The van der Waals surface area contributed by atoms with E-state index in [1.165, 1.54) is 91.6 Å². The molecule has 262 valence electrons. The summed E-state index contributed by atoms with van der Waals surface area (Å²) in [6, 6.07) is 77.8. The molecule has 0 atom stereocenters. The molecule has 0 saturated carbocycles. The van der Waals surface area contributed by atoms with Crippen molar-refractivity contribution in [2.24, 2.45) is 0 Å². The molecule has 0 unspecified atom stereocenters. The zero-order valence-electron chi connectivity index (χ0n) is 30.6. The van der Waals surface area contributed by atoms with Crippen LogP contribution < -0.4 is 4.90 Å². The minimum absolute atomic E-state index is 1.11. The van der Waals surface area contributed by atoms with Crippen molar-refractivity contribution in [1.29, 1.82) is 0 Å². The molecule has 1 aromatic heterocycles. The van der Waals surface area contributed by atoms with Crippen LogP contribution in [0.3, 0.4) is 0 Å². The predicted molar refractivity (Wildman–Crippen MR) is 243 cm³/mol. The molecule has 0 saturated heterocycles. The van der Waals surface area contributed by atoms with Gasteiger partial charge in [0, 0.05) is 31.5 Å². The summed E-state index contributed by atoms with van der Waals surface area (Å²) in [7, 11) is 0. The van der Waals surface area contributed by atoms with E-state index in [9.17, 15) is 0 Å². The Hall–Kier alpha value is -7.00. The Morgan fingerprint density at radius 1 is 0.321 bits per heavy atom. The van der Waals surface area contributed by atoms with Crippen LogP contribution in [-0.2, 0) is 0 Å². The van der Waals surface area contributed by atoms with E-state index in [2.05, 4.69) is 217 Å². The molecule has 0 spiro atoms. The summed E-state index contributed by atoms with van der Waals surface area (Å²) in [4.78, 5) is 2.49. The highest BCUT2D eigenvalue weighted by atomic mass is 32.1. The molecule has 0 bridgehead atoms. The van der Waals surface area contributed by atoms with Crippen LogP contribution in [0.15, 0.2) is 212 Å². The molecule has 1 heterocycles. The second-order valence-corrected chi connectivity index (χ2v) is 15.5. The van der Waals surface area contributed by atoms with Gasteiger partial charge in [-0.2, -0.15) is 0 Å². The van der Waals surface area contributed by atoms with Gasteiger partial charge >= 0.3 is 0 Å². The minimum Gasteiger partial charge on any atom is -0.310 e. The molecule has 1 nitrogen and oxygen atoms in total. The second-order valence-electron chi connectivity index (χ2n) is 14.4. The molecule has 11 rings (SSSR count). The molecular formula is C54H35NS. The van der Waals surface area contributed by atoms with Gasteiger partial charge in [-0.25, -0.2) is 0 Å². The van der Waals surface area contributed by atoms with Crippen LogP contribution in [0.25, 0.3) is 85.9 Å². The lowest BCUT2D eigenvalue weighted by Gasteiger charge is -2.28. The molecule has 0 aliphatic rings. The first kappa shape index (κ1) is 32.4. The van der Waals surface area contributed by atoms with Gasteiger partial charge in [-0.3, -0.25) is 0 Å². The first-order valence-electron chi connectivity index (χ1n) is 19.2. The number of benzene rings is 10. The third-order valence-electron chi connectivity index (χ3n) is 11.2. The van der Waals surface area contributed by atoms with Gasteiger partial charge in [-0.1, -0.05) is 170 Å². The van der Waals surface area contributed by atoms with E-state index in [-0.39, 0.29) is 0 Å². The summed E-state index contributed by atoms with van der Waals surface area (Å²) in [5.74, 6) is 0. The van der Waals surface area contributed by atoms with Gasteiger partial charge < -0.3 is 4.90 Å². The van der Waals surface area contributed by atoms with Gasteiger partial charge in [0.15, 0.2) is 0 Å². The Morgan fingerprint density at radius 3 is 1.68 bits per heavy atom. The number of rotatable bonds is 6. The molecule has 56 heavy (non-hydrogen) atoms. The Balaban J connectivity index is 1.24. The van der Waals surface area contributed by atoms with E-state index in [4.69, 9.17) is 0 Å². The monoisotopic (exact) mass is 729 g/mol. The van der Waals surface area contributed by atoms with Crippen molar-refractivity contribution in [2.75, 3.05) is 4.90 Å². The highest BCUT2D eigenvalue weighted by Gasteiger charge is 2.22. The van der Waals surface area contributed by atoms with E-state index >= 15 is 0 Å². The van der Waals surface area contributed by atoms with Crippen LogP contribution in [0.4, 0.5) is 17.1 Å². The molecule has 0 aliphatic carbocycles. The topological polar surface area (TPSA) is 3.24 Å². The van der Waals surface area contributed by atoms with Crippen molar-refractivity contribution < 1.29 is 0 Å². The SMILES string of the molecule is c1ccc(-c2c(-c3ccccc3)c3cc(N(c4cccc(-c5cccc6ccccc56)c4)c4cccc5sc6ccccc6c45)ccc3c3ccccc23)cc1. The van der Waals surface area contributed by atoms with Crippen molar-refractivity contribution in [3.63, 3.8) is 0 Å². The summed E-state index contributed by atoms with van der Waals surface area (Å²) in [5, 5.41) is 10.0. The molecule has 0 aliphatic heterocycles. The smallest absolute Gasteiger partial charge is 0.0554 e. The number of thiophene rings is 1. The van der Waals surface area contributed by atoms with Gasteiger partial charge in [-0.15, -0.1) is 11.3 Å². The Kier molecular flexibility index (Phi) is 7.75. The van der Waals surface area contributed by atoms with Gasteiger partial charge in [0.25, 0.3) is 0 Å². The standard InChI is InChI=1S/C54H35NS/c1-3-17-37(18-4-1)52-46-26-10-9-25-44(46)45-33-32-41(35-48(45)53(52)38-19-5-2-6-20-38)55(49-29-15-31-51-54(49)47-27-11-12-30-50(47)56-51)40-23-13-22-39(34-40)43-28-14-21-36-16-7-8-24-42(36)43/h1-35H. The van der Waals surface area contributed by atoms with E-state index < -0.39 is 0 Å². The summed E-state index contributed by atoms with van der Waals surface area (Å²) in [6.45, 7) is 0. The highest BCUT2D eigenvalue weighted by Crippen LogP contribution is 2.49. The van der Waals surface area contributed by atoms with Crippen LogP contribution in [0.5, 0.6) is 0 Å². The Bertz CT molecular complexity index is 3250. The van der Waals surface area contributed by atoms with E-state index in [1.807, 2.05) is 11.3 Å². The van der Waals surface area contributed by atoms with Crippen molar-refractivity contribution in [1.82, 2.24) is 0 Å². The van der Waals surface area contributed by atoms with Crippen molar-refractivity contribution in [3.05, 3.63) is 212 Å². The predicted octanol–water partition coefficient (Wildman–Crippen LogP) is 16.0. The highest BCUT2D eigenvalue weighted by molar-refractivity contribution is 7.26. The van der Waals surface area contributed by atoms with E-state index in [0.29, 0.717) is 0 Å². The molecular weight excluding hydrogens is 695 g/mol. The number of hydrogen-bond donors (Lipinski definition) is 0. The van der Waals surface area contributed by atoms with Crippen LogP contribution in [-0.4, -0.2) is 0 Å². The van der Waals surface area contributed by atoms with Crippen LogP contribution >= 0.6 is 11.3 Å². The third kappa shape index (κ3) is 5.30. The fraction of sp³-hybridized carbons (Fsp3) is 0. The third-order valence-corrected chi connectivity index (χ3v) is 12.4. The normalized spacial score (nSPS) is 11.6. The molecule has 0 radical (unpaired) electrons. The van der Waals surface area contributed by atoms with E-state index in [0.717, 1.165) is 11.4 Å². The largest absolute Gasteiger partial charge is 0.310 e. The Labute approximate surface area is 330 Å². The lowest BCUT2D eigenvalue weighted by molar-refractivity contribution is 1.31. The first-order valence-corrected chi connectivity index (χ1v) is 20.0. The average Bonchev–Trinajstić information content (AvgIpc) is 3.66. The minimum atomic E-state index is 1.11. The number of hydrogen-bond acceptors (Lipinski definition) is 2.